The zero-order chi connectivity index (χ0) is 16.0. The molecule has 0 N–H and O–H groups in total. The standard InChI is InChI=1S/C20H16O3/c1-12(2)13-7-8-18-15(9-13)16(11-20(21)23-18)19-10-14-5-3-4-6-17(14)22-19/h3-12H,1-2H3. The fraction of sp³-hybridized carbons (Fsp3) is 0.150. The van der Waals surface area contributed by atoms with Crippen molar-refractivity contribution in [3.8, 4) is 11.3 Å². The van der Waals surface area contributed by atoms with Gasteiger partial charge < -0.3 is 8.83 Å². The summed E-state index contributed by atoms with van der Waals surface area (Å²) < 4.78 is 11.3. The number of benzene rings is 2. The summed E-state index contributed by atoms with van der Waals surface area (Å²) in [5.74, 6) is 1.08. The van der Waals surface area contributed by atoms with Gasteiger partial charge in [-0.1, -0.05) is 38.1 Å². The van der Waals surface area contributed by atoms with Gasteiger partial charge >= 0.3 is 5.63 Å². The summed E-state index contributed by atoms with van der Waals surface area (Å²) in [6.45, 7) is 4.28. The summed E-state index contributed by atoms with van der Waals surface area (Å²) in [6, 6.07) is 17.2. The van der Waals surface area contributed by atoms with Crippen LogP contribution < -0.4 is 5.63 Å². The maximum Gasteiger partial charge on any atom is 0.336 e. The molecule has 23 heavy (non-hydrogen) atoms. The van der Waals surface area contributed by atoms with E-state index in [2.05, 4.69) is 19.9 Å². The highest BCUT2D eigenvalue weighted by Crippen LogP contribution is 2.33. The normalized spacial score (nSPS) is 11.6. The van der Waals surface area contributed by atoms with Gasteiger partial charge in [-0.15, -0.1) is 0 Å². The fourth-order valence-corrected chi connectivity index (χ4v) is 2.86. The summed E-state index contributed by atoms with van der Waals surface area (Å²) in [6.07, 6.45) is 0. The second-order valence-corrected chi connectivity index (χ2v) is 6.04. The van der Waals surface area contributed by atoms with Crippen molar-refractivity contribution in [1.29, 1.82) is 0 Å². The van der Waals surface area contributed by atoms with Crippen LogP contribution >= 0.6 is 0 Å². The molecular formula is C20H16O3. The Kier molecular flexibility index (Phi) is 3.08. The number of rotatable bonds is 2. The van der Waals surface area contributed by atoms with Crippen LogP contribution in [-0.2, 0) is 0 Å². The molecule has 0 bridgehead atoms. The predicted molar refractivity (Wildman–Crippen MR) is 91.8 cm³/mol. The molecule has 0 radical (unpaired) electrons. The fourth-order valence-electron chi connectivity index (χ4n) is 2.86. The summed E-state index contributed by atoms with van der Waals surface area (Å²) in [4.78, 5) is 11.9. The van der Waals surface area contributed by atoms with E-state index in [1.807, 2.05) is 42.5 Å². The Balaban J connectivity index is 2.04. The number of hydrogen-bond donors (Lipinski definition) is 0. The van der Waals surface area contributed by atoms with Crippen molar-refractivity contribution in [1.82, 2.24) is 0 Å². The predicted octanol–water partition coefficient (Wildman–Crippen LogP) is 5.33. The van der Waals surface area contributed by atoms with Crippen LogP contribution in [0, 0.1) is 0 Å². The molecule has 2 aromatic carbocycles. The van der Waals surface area contributed by atoms with Crippen molar-refractivity contribution in [3.05, 3.63) is 70.6 Å². The summed E-state index contributed by atoms with van der Waals surface area (Å²) in [7, 11) is 0. The maximum absolute atomic E-state index is 11.9. The van der Waals surface area contributed by atoms with Gasteiger partial charge in [0.2, 0.25) is 0 Å². The Morgan fingerprint density at radius 3 is 2.48 bits per heavy atom. The number of hydrogen-bond acceptors (Lipinski definition) is 3. The summed E-state index contributed by atoms with van der Waals surface area (Å²) in [5, 5.41) is 1.92. The van der Waals surface area contributed by atoms with Crippen LogP contribution in [0.15, 0.2) is 68.2 Å². The van der Waals surface area contributed by atoms with Gasteiger partial charge in [0, 0.05) is 22.4 Å². The monoisotopic (exact) mass is 304 g/mol. The molecule has 4 rings (SSSR count). The van der Waals surface area contributed by atoms with E-state index >= 15 is 0 Å². The molecule has 0 atom stereocenters. The number of para-hydroxylation sites is 1. The molecule has 0 spiro atoms. The van der Waals surface area contributed by atoms with Gasteiger partial charge in [-0.2, -0.15) is 0 Å². The van der Waals surface area contributed by atoms with Gasteiger partial charge in [0.25, 0.3) is 0 Å². The quantitative estimate of drug-likeness (QED) is 0.470. The van der Waals surface area contributed by atoms with Gasteiger partial charge in [-0.3, -0.25) is 0 Å². The second kappa shape index (κ2) is 5.13. The SMILES string of the molecule is CC(C)c1ccc2oc(=O)cc(-c3cc4ccccc4o3)c2c1. The van der Waals surface area contributed by atoms with E-state index in [9.17, 15) is 4.79 Å². The molecule has 0 saturated heterocycles. The Hall–Kier alpha value is -2.81. The lowest BCUT2D eigenvalue weighted by Crippen LogP contribution is -1.98. The third-order valence-corrected chi connectivity index (χ3v) is 4.12. The zero-order valence-electron chi connectivity index (χ0n) is 13.0. The van der Waals surface area contributed by atoms with Crippen molar-refractivity contribution in [3.63, 3.8) is 0 Å². The molecule has 0 aliphatic carbocycles. The molecule has 3 nitrogen and oxygen atoms in total. The highest BCUT2D eigenvalue weighted by Gasteiger charge is 2.13. The first-order valence-electron chi connectivity index (χ1n) is 7.68. The van der Waals surface area contributed by atoms with Crippen LogP contribution in [0.25, 0.3) is 33.3 Å². The maximum atomic E-state index is 11.9. The molecule has 114 valence electrons. The number of fused-ring (bicyclic) bond motifs is 2. The van der Waals surface area contributed by atoms with E-state index in [1.165, 1.54) is 11.6 Å². The largest absolute Gasteiger partial charge is 0.456 e. The Morgan fingerprint density at radius 1 is 0.870 bits per heavy atom. The van der Waals surface area contributed by atoms with E-state index in [4.69, 9.17) is 8.83 Å². The van der Waals surface area contributed by atoms with E-state index in [-0.39, 0.29) is 5.63 Å². The molecule has 2 heterocycles. The van der Waals surface area contributed by atoms with Crippen LogP contribution in [0.4, 0.5) is 0 Å². The molecule has 2 aromatic heterocycles. The Bertz CT molecular complexity index is 1030. The van der Waals surface area contributed by atoms with Crippen molar-refractivity contribution < 1.29 is 8.83 Å². The highest BCUT2D eigenvalue weighted by atomic mass is 16.4. The zero-order valence-corrected chi connectivity index (χ0v) is 13.0. The van der Waals surface area contributed by atoms with Gasteiger partial charge in [0.05, 0.1) is 0 Å². The lowest BCUT2D eigenvalue weighted by atomic mass is 9.99. The van der Waals surface area contributed by atoms with Crippen molar-refractivity contribution in [2.75, 3.05) is 0 Å². The average molecular weight is 304 g/mol. The Labute approximate surface area is 133 Å². The molecule has 0 saturated carbocycles. The first kappa shape index (κ1) is 13.8. The van der Waals surface area contributed by atoms with E-state index in [0.29, 0.717) is 17.3 Å². The second-order valence-electron chi connectivity index (χ2n) is 6.04. The third kappa shape index (κ3) is 2.34. The minimum atomic E-state index is -0.370. The summed E-state index contributed by atoms with van der Waals surface area (Å²) >= 11 is 0. The minimum Gasteiger partial charge on any atom is -0.456 e. The average Bonchev–Trinajstić information content (AvgIpc) is 2.97. The van der Waals surface area contributed by atoms with E-state index in [1.54, 1.807) is 0 Å². The van der Waals surface area contributed by atoms with Crippen molar-refractivity contribution in [2.24, 2.45) is 0 Å². The molecular weight excluding hydrogens is 288 g/mol. The molecule has 0 fully saturated rings. The molecule has 0 amide bonds. The molecule has 0 aliphatic rings. The molecule has 4 aromatic rings. The van der Waals surface area contributed by atoms with Gasteiger partial charge in [0.15, 0.2) is 0 Å². The van der Waals surface area contributed by atoms with Crippen LogP contribution in [-0.4, -0.2) is 0 Å². The van der Waals surface area contributed by atoms with Gasteiger partial charge in [-0.05, 0) is 35.7 Å². The van der Waals surface area contributed by atoms with E-state index < -0.39 is 0 Å². The summed E-state index contributed by atoms with van der Waals surface area (Å²) in [5.41, 5.74) is 2.99. The van der Waals surface area contributed by atoms with Gasteiger partial charge in [0.1, 0.15) is 16.9 Å². The minimum absolute atomic E-state index is 0.370. The molecule has 0 unspecified atom stereocenters. The third-order valence-electron chi connectivity index (χ3n) is 4.12. The highest BCUT2D eigenvalue weighted by molar-refractivity contribution is 5.95. The van der Waals surface area contributed by atoms with E-state index in [0.717, 1.165) is 21.9 Å². The van der Waals surface area contributed by atoms with Crippen LogP contribution in [0.2, 0.25) is 0 Å². The lowest BCUT2D eigenvalue weighted by Gasteiger charge is -2.08. The molecule has 3 heteroatoms. The topological polar surface area (TPSA) is 43.4 Å². The lowest BCUT2D eigenvalue weighted by molar-refractivity contribution is 0.559. The first-order valence-corrected chi connectivity index (χ1v) is 7.68. The first-order chi connectivity index (χ1) is 11.1. The van der Waals surface area contributed by atoms with Crippen LogP contribution in [0.3, 0.4) is 0 Å². The smallest absolute Gasteiger partial charge is 0.336 e. The van der Waals surface area contributed by atoms with Gasteiger partial charge in [-0.25, -0.2) is 4.79 Å². The van der Waals surface area contributed by atoms with Crippen molar-refractivity contribution in [2.45, 2.75) is 19.8 Å². The van der Waals surface area contributed by atoms with Crippen LogP contribution in [0.1, 0.15) is 25.3 Å². The Morgan fingerprint density at radius 2 is 1.70 bits per heavy atom. The number of furan rings is 1. The van der Waals surface area contributed by atoms with Crippen LogP contribution in [0.5, 0.6) is 0 Å². The van der Waals surface area contributed by atoms with Crippen molar-refractivity contribution >= 4 is 21.9 Å². The molecule has 0 aliphatic heterocycles.